The fourth-order valence-electron chi connectivity index (χ4n) is 3.14. The number of carbonyl (C=O) groups is 1. The van der Waals surface area contributed by atoms with Crippen molar-refractivity contribution in [2.24, 2.45) is 7.05 Å². The van der Waals surface area contributed by atoms with Crippen molar-refractivity contribution in [1.82, 2.24) is 25.0 Å². The van der Waals surface area contributed by atoms with Crippen LogP contribution in [0.25, 0.3) is 10.6 Å². The Hall–Kier alpha value is -2.00. The molecule has 4 rings (SSSR count). The first kappa shape index (κ1) is 22.3. The Morgan fingerprint density at radius 1 is 1.32 bits per heavy atom. The predicted molar refractivity (Wildman–Crippen MR) is 112 cm³/mol. The Labute approximate surface area is 178 Å². The predicted octanol–water partition coefficient (Wildman–Crippen LogP) is 3.31. The molecule has 1 amide bonds. The van der Waals surface area contributed by atoms with Gasteiger partial charge in [-0.2, -0.15) is 5.10 Å². The summed E-state index contributed by atoms with van der Waals surface area (Å²) in [5.41, 5.74) is 1.68. The molecule has 3 aromatic rings. The Balaban J connectivity index is 0.00000140. The third-order valence-electron chi connectivity index (χ3n) is 4.41. The van der Waals surface area contributed by atoms with Gasteiger partial charge in [-0.05, 0) is 17.7 Å². The van der Waals surface area contributed by atoms with Crippen LogP contribution >= 0.6 is 36.2 Å². The number of amides is 1. The van der Waals surface area contributed by atoms with Gasteiger partial charge in [-0.1, -0.05) is 12.1 Å². The van der Waals surface area contributed by atoms with Crippen molar-refractivity contribution >= 4 is 42.1 Å². The van der Waals surface area contributed by atoms with Crippen LogP contribution in [0.1, 0.15) is 21.3 Å². The van der Waals surface area contributed by atoms with E-state index >= 15 is 0 Å². The van der Waals surface area contributed by atoms with E-state index in [0.29, 0.717) is 24.5 Å². The summed E-state index contributed by atoms with van der Waals surface area (Å²) in [7, 11) is 1.84. The third kappa shape index (κ3) is 4.52. The molecule has 1 N–H and O–H groups in total. The molecule has 3 heterocycles. The van der Waals surface area contributed by atoms with Gasteiger partial charge in [0, 0.05) is 38.4 Å². The number of aromatic nitrogens is 3. The maximum absolute atomic E-state index is 13.6. The van der Waals surface area contributed by atoms with Gasteiger partial charge in [-0.3, -0.25) is 9.48 Å². The van der Waals surface area contributed by atoms with E-state index in [1.54, 1.807) is 28.0 Å². The van der Waals surface area contributed by atoms with Gasteiger partial charge in [0.25, 0.3) is 5.91 Å². The molecule has 0 saturated carbocycles. The molecule has 0 spiro atoms. The number of piperazine rings is 1. The molecule has 1 aliphatic heterocycles. The van der Waals surface area contributed by atoms with Crippen molar-refractivity contribution in [2.45, 2.75) is 6.04 Å². The van der Waals surface area contributed by atoms with Crippen LogP contribution in [0.3, 0.4) is 0 Å². The zero-order valence-corrected chi connectivity index (χ0v) is 17.5. The van der Waals surface area contributed by atoms with E-state index in [2.05, 4.69) is 15.4 Å². The highest BCUT2D eigenvalue weighted by atomic mass is 35.5. The van der Waals surface area contributed by atoms with Crippen molar-refractivity contribution in [3.05, 3.63) is 59.1 Å². The van der Waals surface area contributed by atoms with Gasteiger partial charge in [0.05, 0.1) is 18.4 Å². The van der Waals surface area contributed by atoms with Crippen LogP contribution in [-0.2, 0) is 7.05 Å². The van der Waals surface area contributed by atoms with Gasteiger partial charge in [-0.15, -0.1) is 36.2 Å². The normalized spacial score (nSPS) is 16.2. The van der Waals surface area contributed by atoms with Crippen molar-refractivity contribution < 1.29 is 9.18 Å². The van der Waals surface area contributed by atoms with Crippen molar-refractivity contribution in [2.75, 3.05) is 19.6 Å². The number of nitrogens with one attached hydrogen (secondary N) is 1. The minimum Gasteiger partial charge on any atom is -0.328 e. The minimum atomic E-state index is -0.294. The number of nitrogens with zero attached hydrogens (tertiary/aromatic N) is 4. The SMILES string of the molecule is Cl.Cl.Cn1cc(-c2ncc(C(=O)N3CCNCC3c3cccc(F)c3)s2)cn1. The van der Waals surface area contributed by atoms with Crippen molar-refractivity contribution in [3.8, 4) is 10.6 Å². The second-order valence-corrected chi connectivity index (χ2v) is 7.24. The summed E-state index contributed by atoms with van der Waals surface area (Å²) in [4.78, 5) is 19.8. The molecule has 0 radical (unpaired) electrons. The quantitative estimate of drug-likeness (QED) is 0.674. The first-order valence-corrected chi connectivity index (χ1v) is 9.15. The maximum Gasteiger partial charge on any atom is 0.266 e. The van der Waals surface area contributed by atoms with Gasteiger partial charge >= 0.3 is 0 Å². The van der Waals surface area contributed by atoms with Crippen LogP contribution in [0.2, 0.25) is 0 Å². The van der Waals surface area contributed by atoms with Crippen LogP contribution in [0.5, 0.6) is 0 Å². The van der Waals surface area contributed by atoms with E-state index in [4.69, 9.17) is 0 Å². The number of hydrogen-bond acceptors (Lipinski definition) is 5. The first-order chi connectivity index (χ1) is 12.6. The second-order valence-electron chi connectivity index (χ2n) is 6.21. The lowest BCUT2D eigenvalue weighted by atomic mass is 10.0. The van der Waals surface area contributed by atoms with Crippen LogP contribution in [0.4, 0.5) is 4.39 Å². The monoisotopic (exact) mass is 443 g/mol. The summed E-state index contributed by atoms with van der Waals surface area (Å²) in [6, 6.07) is 6.24. The molecule has 1 unspecified atom stereocenters. The number of rotatable bonds is 3. The van der Waals surface area contributed by atoms with Gasteiger partial charge in [0.15, 0.2) is 0 Å². The Bertz CT molecular complexity index is 947. The highest BCUT2D eigenvalue weighted by molar-refractivity contribution is 7.16. The number of carbonyl (C=O) groups excluding carboxylic acids is 1. The summed E-state index contributed by atoms with van der Waals surface area (Å²) in [6.07, 6.45) is 5.21. The van der Waals surface area contributed by atoms with Crippen LogP contribution in [-0.4, -0.2) is 45.2 Å². The number of thiazole rings is 1. The molecule has 1 aliphatic rings. The van der Waals surface area contributed by atoms with Crippen molar-refractivity contribution in [3.63, 3.8) is 0 Å². The zero-order valence-electron chi connectivity index (χ0n) is 15.0. The fourth-order valence-corrected chi connectivity index (χ4v) is 3.99. The second kappa shape index (κ2) is 9.47. The van der Waals surface area contributed by atoms with Gasteiger partial charge < -0.3 is 10.2 Å². The lowest BCUT2D eigenvalue weighted by Crippen LogP contribution is -2.48. The van der Waals surface area contributed by atoms with E-state index in [1.807, 2.05) is 19.3 Å². The molecule has 1 saturated heterocycles. The molecule has 1 aromatic carbocycles. The first-order valence-electron chi connectivity index (χ1n) is 8.34. The molecular weight excluding hydrogens is 424 g/mol. The molecular formula is C18H20Cl2FN5OS. The average Bonchev–Trinajstić information content (AvgIpc) is 3.30. The molecule has 150 valence electrons. The van der Waals surface area contributed by atoms with E-state index < -0.39 is 0 Å². The third-order valence-corrected chi connectivity index (χ3v) is 5.44. The van der Waals surface area contributed by atoms with Crippen molar-refractivity contribution in [1.29, 1.82) is 0 Å². The zero-order chi connectivity index (χ0) is 18.1. The lowest BCUT2D eigenvalue weighted by Gasteiger charge is -2.36. The minimum absolute atomic E-state index is 0. The van der Waals surface area contributed by atoms with E-state index in [1.165, 1.54) is 23.5 Å². The van der Waals surface area contributed by atoms with Crippen LogP contribution < -0.4 is 5.32 Å². The maximum atomic E-state index is 13.6. The number of benzene rings is 1. The van der Waals surface area contributed by atoms with E-state index in [0.717, 1.165) is 16.1 Å². The van der Waals surface area contributed by atoms with Gasteiger partial charge in [0.2, 0.25) is 0 Å². The summed E-state index contributed by atoms with van der Waals surface area (Å²) >= 11 is 1.35. The molecule has 6 nitrogen and oxygen atoms in total. The van der Waals surface area contributed by atoms with Crippen LogP contribution in [0.15, 0.2) is 42.9 Å². The molecule has 1 atom stereocenters. The number of halogens is 3. The fraction of sp³-hybridized carbons (Fsp3) is 0.278. The molecule has 28 heavy (non-hydrogen) atoms. The highest BCUT2D eigenvalue weighted by Crippen LogP contribution is 2.29. The Morgan fingerprint density at radius 2 is 2.14 bits per heavy atom. The summed E-state index contributed by atoms with van der Waals surface area (Å²) in [5.74, 6) is -0.370. The van der Waals surface area contributed by atoms with Gasteiger partial charge in [0.1, 0.15) is 15.7 Å². The Morgan fingerprint density at radius 3 is 2.86 bits per heavy atom. The number of hydrogen-bond donors (Lipinski definition) is 1. The molecule has 10 heteroatoms. The summed E-state index contributed by atoms with van der Waals surface area (Å²) < 4.78 is 15.3. The lowest BCUT2D eigenvalue weighted by molar-refractivity contribution is 0.0638. The van der Waals surface area contributed by atoms with E-state index in [-0.39, 0.29) is 42.6 Å². The summed E-state index contributed by atoms with van der Waals surface area (Å²) in [5, 5.41) is 8.19. The Kier molecular flexibility index (Phi) is 7.54. The smallest absolute Gasteiger partial charge is 0.266 e. The average molecular weight is 444 g/mol. The molecule has 2 aromatic heterocycles. The molecule has 1 fully saturated rings. The largest absolute Gasteiger partial charge is 0.328 e. The van der Waals surface area contributed by atoms with Crippen LogP contribution in [0, 0.1) is 5.82 Å². The molecule has 0 bridgehead atoms. The topological polar surface area (TPSA) is 63.1 Å². The highest BCUT2D eigenvalue weighted by Gasteiger charge is 2.30. The number of aryl methyl sites for hydroxylation is 1. The van der Waals surface area contributed by atoms with E-state index in [9.17, 15) is 9.18 Å². The summed E-state index contributed by atoms with van der Waals surface area (Å²) in [6.45, 7) is 1.88. The standard InChI is InChI=1S/C18H18FN5OS.2ClH/c1-23-11-13(8-22-23)17-21-10-16(26-17)18(25)24-6-5-20-9-15(24)12-3-2-4-14(19)7-12;;/h2-4,7-8,10-11,15,20H,5-6,9H2,1H3;2*1H. The van der Waals surface area contributed by atoms with Gasteiger partial charge in [-0.25, -0.2) is 9.37 Å². The molecule has 0 aliphatic carbocycles.